The van der Waals surface area contributed by atoms with Crippen molar-refractivity contribution < 1.29 is 0 Å². The average Bonchev–Trinajstić information content (AvgIpc) is 3.08. The van der Waals surface area contributed by atoms with Crippen LogP contribution in [0.2, 0.25) is 0 Å². The molecule has 3 nitrogen and oxygen atoms in total. The van der Waals surface area contributed by atoms with E-state index >= 15 is 0 Å². The van der Waals surface area contributed by atoms with Crippen molar-refractivity contribution in [2.75, 3.05) is 0 Å². The van der Waals surface area contributed by atoms with Gasteiger partial charge in [0.2, 0.25) is 0 Å². The second-order valence-corrected chi connectivity index (χ2v) is 7.62. The summed E-state index contributed by atoms with van der Waals surface area (Å²) in [5, 5.41) is 5.37. The van der Waals surface area contributed by atoms with Crippen LogP contribution in [0.1, 0.15) is 31.5 Å². The monoisotopic (exact) mass is 303 g/mol. The predicted molar refractivity (Wildman–Crippen MR) is 85.5 cm³/mol. The summed E-state index contributed by atoms with van der Waals surface area (Å²) in [5.41, 5.74) is 1.27. The molecule has 3 aromatic heterocycles. The summed E-state index contributed by atoms with van der Waals surface area (Å²) in [5.74, 6) is 1.02. The Morgan fingerprint density at radius 3 is 2.75 bits per heavy atom. The first-order valence-electron chi connectivity index (χ1n) is 6.54. The fraction of sp³-hybridized carbons (Fsp3) is 0.333. The first-order chi connectivity index (χ1) is 9.54. The summed E-state index contributed by atoms with van der Waals surface area (Å²) in [6.07, 6.45) is 3.88. The fourth-order valence-corrected chi connectivity index (χ4v) is 3.70. The van der Waals surface area contributed by atoms with E-state index in [0.717, 1.165) is 23.1 Å². The van der Waals surface area contributed by atoms with Crippen LogP contribution in [0.25, 0.3) is 10.7 Å². The van der Waals surface area contributed by atoms with E-state index in [2.05, 4.69) is 53.2 Å². The lowest BCUT2D eigenvalue weighted by Crippen LogP contribution is -2.11. The van der Waals surface area contributed by atoms with Gasteiger partial charge in [0, 0.05) is 23.2 Å². The van der Waals surface area contributed by atoms with Crippen molar-refractivity contribution in [3.63, 3.8) is 0 Å². The van der Waals surface area contributed by atoms with Gasteiger partial charge in [-0.2, -0.15) is 0 Å². The molecule has 104 valence electrons. The van der Waals surface area contributed by atoms with E-state index in [1.165, 1.54) is 4.88 Å². The van der Waals surface area contributed by atoms with E-state index in [0.29, 0.717) is 0 Å². The van der Waals surface area contributed by atoms with Gasteiger partial charge < -0.3 is 4.57 Å². The lowest BCUT2D eigenvalue weighted by atomic mass is 9.93. The molecule has 0 radical (unpaired) electrons. The Kier molecular flexibility index (Phi) is 3.48. The van der Waals surface area contributed by atoms with Crippen LogP contribution in [0, 0.1) is 0 Å². The molecule has 0 saturated carbocycles. The van der Waals surface area contributed by atoms with Crippen LogP contribution in [0.5, 0.6) is 0 Å². The number of hydrogen-bond acceptors (Lipinski definition) is 4. The third-order valence-electron chi connectivity index (χ3n) is 3.08. The predicted octanol–water partition coefficient (Wildman–Crippen LogP) is 4.41. The number of thiazole rings is 1. The Labute approximate surface area is 127 Å². The van der Waals surface area contributed by atoms with Crippen molar-refractivity contribution in [2.45, 2.75) is 32.7 Å². The molecule has 3 heterocycles. The Morgan fingerprint density at radius 2 is 2.10 bits per heavy atom. The van der Waals surface area contributed by atoms with Crippen LogP contribution < -0.4 is 0 Å². The number of aromatic nitrogens is 3. The Morgan fingerprint density at radius 1 is 1.25 bits per heavy atom. The lowest BCUT2D eigenvalue weighted by molar-refractivity contribution is 0.569. The maximum absolute atomic E-state index is 4.75. The number of nitrogens with zero attached hydrogens (tertiary/aromatic N) is 3. The Balaban J connectivity index is 1.86. The van der Waals surface area contributed by atoms with Crippen LogP contribution in [0.4, 0.5) is 0 Å². The topological polar surface area (TPSA) is 30.7 Å². The molecule has 0 atom stereocenters. The van der Waals surface area contributed by atoms with Crippen LogP contribution >= 0.6 is 22.7 Å². The minimum absolute atomic E-state index is 0.111. The van der Waals surface area contributed by atoms with Crippen molar-refractivity contribution in [1.29, 1.82) is 0 Å². The SMILES string of the molecule is CC(C)(C)c1csc(Cn2ccnc2-c2cccs2)n1. The third-order valence-corrected chi connectivity index (χ3v) is 4.78. The van der Waals surface area contributed by atoms with Gasteiger partial charge >= 0.3 is 0 Å². The molecule has 3 rings (SSSR count). The number of hydrogen-bond donors (Lipinski definition) is 0. The summed E-state index contributed by atoms with van der Waals surface area (Å²) in [4.78, 5) is 10.4. The standard InChI is InChI=1S/C15H17N3S2/c1-15(2,3)12-10-20-13(17-12)9-18-7-6-16-14(18)11-5-4-8-19-11/h4-8,10H,9H2,1-3H3. The molecule has 0 bridgehead atoms. The number of thiophene rings is 1. The van der Waals surface area contributed by atoms with E-state index in [-0.39, 0.29) is 5.41 Å². The van der Waals surface area contributed by atoms with E-state index < -0.39 is 0 Å². The molecule has 0 spiro atoms. The van der Waals surface area contributed by atoms with Crippen molar-refractivity contribution in [3.05, 3.63) is 46.0 Å². The summed E-state index contributed by atoms with van der Waals surface area (Å²) >= 11 is 3.44. The molecule has 3 aromatic rings. The largest absolute Gasteiger partial charge is 0.323 e. The summed E-state index contributed by atoms with van der Waals surface area (Å²) in [6.45, 7) is 7.37. The highest BCUT2D eigenvalue weighted by molar-refractivity contribution is 7.13. The first-order valence-corrected chi connectivity index (χ1v) is 8.30. The minimum atomic E-state index is 0.111. The zero-order valence-corrected chi connectivity index (χ0v) is 13.5. The van der Waals surface area contributed by atoms with Gasteiger partial charge in [-0.05, 0) is 11.4 Å². The minimum Gasteiger partial charge on any atom is -0.323 e. The van der Waals surface area contributed by atoms with Gasteiger partial charge in [0.1, 0.15) is 10.8 Å². The molecule has 0 aliphatic heterocycles. The van der Waals surface area contributed by atoms with E-state index in [9.17, 15) is 0 Å². The second-order valence-electron chi connectivity index (χ2n) is 5.73. The number of imidazole rings is 1. The first kappa shape index (κ1) is 13.5. The fourth-order valence-electron chi connectivity index (χ4n) is 1.94. The van der Waals surface area contributed by atoms with Gasteiger partial charge in [-0.1, -0.05) is 26.8 Å². The van der Waals surface area contributed by atoms with Crippen LogP contribution in [0.3, 0.4) is 0 Å². The summed E-state index contributed by atoms with van der Waals surface area (Å²) in [6, 6.07) is 4.16. The third kappa shape index (κ3) is 2.69. The maximum Gasteiger partial charge on any atom is 0.150 e. The zero-order chi connectivity index (χ0) is 14.2. The van der Waals surface area contributed by atoms with E-state index in [4.69, 9.17) is 4.98 Å². The van der Waals surface area contributed by atoms with Gasteiger partial charge in [-0.15, -0.1) is 22.7 Å². The molecule has 0 unspecified atom stereocenters. The highest BCUT2D eigenvalue weighted by atomic mass is 32.1. The van der Waals surface area contributed by atoms with Crippen molar-refractivity contribution in [1.82, 2.24) is 14.5 Å². The Hall–Kier alpha value is -1.46. The van der Waals surface area contributed by atoms with Crippen molar-refractivity contribution in [2.24, 2.45) is 0 Å². The average molecular weight is 303 g/mol. The highest BCUT2D eigenvalue weighted by Gasteiger charge is 2.18. The van der Waals surface area contributed by atoms with E-state index in [1.54, 1.807) is 22.7 Å². The molecule has 0 amide bonds. The normalized spacial score (nSPS) is 11.9. The second kappa shape index (κ2) is 5.14. The summed E-state index contributed by atoms with van der Waals surface area (Å²) < 4.78 is 2.16. The zero-order valence-electron chi connectivity index (χ0n) is 11.8. The lowest BCUT2D eigenvalue weighted by Gasteiger charge is -2.14. The van der Waals surface area contributed by atoms with Gasteiger partial charge in [0.05, 0.1) is 17.1 Å². The van der Waals surface area contributed by atoms with Gasteiger partial charge in [-0.3, -0.25) is 0 Å². The molecular weight excluding hydrogens is 286 g/mol. The van der Waals surface area contributed by atoms with Crippen LogP contribution in [-0.4, -0.2) is 14.5 Å². The molecule has 0 fully saturated rings. The molecule has 0 aromatic carbocycles. The van der Waals surface area contributed by atoms with Gasteiger partial charge in [0.25, 0.3) is 0 Å². The quantitative estimate of drug-likeness (QED) is 0.717. The molecule has 5 heteroatoms. The van der Waals surface area contributed by atoms with Crippen LogP contribution in [-0.2, 0) is 12.0 Å². The summed E-state index contributed by atoms with van der Waals surface area (Å²) in [7, 11) is 0. The molecule has 0 saturated heterocycles. The molecule has 0 aliphatic rings. The number of rotatable bonds is 3. The Bertz CT molecular complexity index is 687. The van der Waals surface area contributed by atoms with Crippen molar-refractivity contribution >= 4 is 22.7 Å². The van der Waals surface area contributed by atoms with Crippen LogP contribution in [0.15, 0.2) is 35.3 Å². The van der Waals surface area contributed by atoms with Gasteiger partial charge in [0.15, 0.2) is 0 Å². The molecule has 0 N–H and O–H groups in total. The molecule has 0 aliphatic carbocycles. The maximum atomic E-state index is 4.75. The highest BCUT2D eigenvalue weighted by Crippen LogP contribution is 2.26. The smallest absolute Gasteiger partial charge is 0.150 e. The van der Waals surface area contributed by atoms with Gasteiger partial charge in [-0.25, -0.2) is 9.97 Å². The van der Waals surface area contributed by atoms with E-state index in [1.807, 2.05) is 12.4 Å². The molecular formula is C15H17N3S2. The van der Waals surface area contributed by atoms with Crippen molar-refractivity contribution in [3.8, 4) is 10.7 Å². The molecule has 20 heavy (non-hydrogen) atoms.